The zero-order valence-electron chi connectivity index (χ0n) is 17.9. The predicted molar refractivity (Wildman–Crippen MR) is 117 cm³/mol. The van der Waals surface area contributed by atoms with Crippen molar-refractivity contribution < 1.29 is 25.5 Å². The maximum Gasteiger partial charge on any atom is 0.123 e. The molecule has 3 rings (SSSR count). The van der Waals surface area contributed by atoms with E-state index in [4.69, 9.17) is 0 Å². The van der Waals surface area contributed by atoms with Gasteiger partial charge in [-0.1, -0.05) is 45.9 Å². The number of benzene rings is 3. The molecule has 0 unspecified atom stereocenters. The van der Waals surface area contributed by atoms with Gasteiger partial charge >= 0.3 is 0 Å². The Morgan fingerprint density at radius 2 is 0.967 bits per heavy atom. The van der Waals surface area contributed by atoms with Crippen molar-refractivity contribution in [2.24, 2.45) is 0 Å². The minimum atomic E-state index is -0.826. The van der Waals surface area contributed by atoms with Crippen molar-refractivity contribution in [3.63, 3.8) is 0 Å². The van der Waals surface area contributed by atoms with E-state index in [1.54, 1.807) is 18.2 Å². The van der Waals surface area contributed by atoms with Crippen molar-refractivity contribution in [1.29, 1.82) is 0 Å². The van der Waals surface area contributed by atoms with Gasteiger partial charge in [-0.3, -0.25) is 0 Å². The molecule has 0 amide bonds. The van der Waals surface area contributed by atoms with Gasteiger partial charge in [0.1, 0.15) is 28.7 Å². The van der Waals surface area contributed by atoms with Gasteiger partial charge in [-0.15, -0.1) is 0 Å². The lowest BCUT2D eigenvalue weighted by Gasteiger charge is -2.37. The first-order chi connectivity index (χ1) is 13.9. The minimum absolute atomic E-state index is 0.0331. The number of rotatable bonds is 4. The molecule has 0 saturated carbocycles. The second-order valence-electron chi connectivity index (χ2n) is 8.80. The Hall–Kier alpha value is -3.34. The highest BCUT2D eigenvalue weighted by Gasteiger charge is 2.38. The fourth-order valence-corrected chi connectivity index (χ4v) is 4.50. The Morgan fingerprint density at radius 3 is 1.40 bits per heavy atom. The van der Waals surface area contributed by atoms with Crippen LogP contribution in [-0.4, -0.2) is 25.5 Å². The highest BCUT2D eigenvalue weighted by molar-refractivity contribution is 5.61. The average molecular weight is 408 g/mol. The Kier molecular flexibility index (Phi) is 5.11. The van der Waals surface area contributed by atoms with Crippen LogP contribution in [-0.2, 0) is 10.8 Å². The molecule has 0 aliphatic carbocycles. The molecule has 158 valence electrons. The van der Waals surface area contributed by atoms with E-state index in [2.05, 4.69) is 0 Å². The normalized spacial score (nSPS) is 12.2. The van der Waals surface area contributed by atoms with Crippen LogP contribution < -0.4 is 0 Å². The number of phenolic OH excluding ortho intramolecular Hbond substituents is 5. The van der Waals surface area contributed by atoms with Gasteiger partial charge in [0, 0.05) is 39.7 Å². The molecule has 0 heterocycles. The summed E-state index contributed by atoms with van der Waals surface area (Å²) in [6.45, 7) is 9.60. The van der Waals surface area contributed by atoms with Crippen LogP contribution in [0, 0.1) is 6.92 Å². The van der Waals surface area contributed by atoms with Gasteiger partial charge in [0.15, 0.2) is 0 Å². The molecule has 0 radical (unpaired) electrons. The number of phenols is 5. The number of hydrogen-bond acceptors (Lipinski definition) is 5. The molecule has 0 saturated heterocycles. The van der Waals surface area contributed by atoms with Crippen molar-refractivity contribution in [2.45, 2.75) is 45.4 Å². The smallest absolute Gasteiger partial charge is 0.123 e. The quantitative estimate of drug-likeness (QED) is 0.410. The van der Waals surface area contributed by atoms with Gasteiger partial charge in [-0.2, -0.15) is 0 Å². The highest BCUT2D eigenvalue weighted by atomic mass is 16.3. The maximum absolute atomic E-state index is 10.9. The van der Waals surface area contributed by atoms with E-state index < -0.39 is 10.8 Å². The summed E-state index contributed by atoms with van der Waals surface area (Å²) in [6, 6.07) is 12.3. The van der Waals surface area contributed by atoms with E-state index in [9.17, 15) is 25.5 Å². The van der Waals surface area contributed by atoms with E-state index in [1.165, 1.54) is 24.3 Å². The molecule has 5 nitrogen and oxygen atoms in total. The number of hydrogen-bond donors (Lipinski definition) is 5. The summed E-state index contributed by atoms with van der Waals surface area (Å²) >= 11 is 0. The predicted octanol–water partition coefficient (Wildman–Crippen LogP) is 5.17. The summed E-state index contributed by atoms with van der Waals surface area (Å²) in [5, 5.41) is 51.4. The summed E-state index contributed by atoms with van der Waals surface area (Å²) in [7, 11) is 0. The second-order valence-corrected chi connectivity index (χ2v) is 8.80. The molecule has 0 aromatic heterocycles. The molecule has 0 bridgehead atoms. The Labute approximate surface area is 176 Å². The Morgan fingerprint density at radius 1 is 0.533 bits per heavy atom. The zero-order chi connectivity index (χ0) is 22.4. The maximum atomic E-state index is 10.9. The summed E-state index contributed by atoms with van der Waals surface area (Å²) in [4.78, 5) is 0. The topological polar surface area (TPSA) is 101 Å². The lowest BCUT2D eigenvalue weighted by atomic mass is 9.66. The molecule has 0 aliphatic rings. The molecule has 5 heteroatoms. The van der Waals surface area contributed by atoms with Crippen LogP contribution in [0.3, 0.4) is 0 Å². The summed E-state index contributed by atoms with van der Waals surface area (Å²) in [5.41, 5.74) is 1.91. The molecule has 3 aromatic rings. The molecule has 30 heavy (non-hydrogen) atoms. The average Bonchev–Trinajstić information content (AvgIpc) is 2.62. The zero-order valence-corrected chi connectivity index (χ0v) is 17.9. The van der Waals surface area contributed by atoms with Crippen molar-refractivity contribution in [2.75, 3.05) is 0 Å². The van der Waals surface area contributed by atoms with E-state index >= 15 is 0 Å². The number of aromatic hydroxyl groups is 5. The van der Waals surface area contributed by atoms with Crippen LogP contribution >= 0.6 is 0 Å². The van der Waals surface area contributed by atoms with Crippen LogP contribution in [0.4, 0.5) is 0 Å². The largest absolute Gasteiger partial charge is 0.508 e. The van der Waals surface area contributed by atoms with Gasteiger partial charge < -0.3 is 25.5 Å². The van der Waals surface area contributed by atoms with Gasteiger partial charge in [0.2, 0.25) is 0 Å². The van der Waals surface area contributed by atoms with E-state index in [0.717, 1.165) is 11.1 Å². The van der Waals surface area contributed by atoms with E-state index in [0.29, 0.717) is 16.7 Å². The third-order valence-electron chi connectivity index (χ3n) is 5.95. The van der Waals surface area contributed by atoms with Gasteiger partial charge in [-0.25, -0.2) is 0 Å². The molecule has 5 N–H and O–H groups in total. The molecule has 0 fully saturated rings. The highest BCUT2D eigenvalue weighted by Crippen LogP contribution is 2.49. The molecular weight excluding hydrogens is 380 g/mol. The van der Waals surface area contributed by atoms with Crippen molar-refractivity contribution in [3.8, 4) is 28.7 Å². The molecule has 0 atom stereocenters. The van der Waals surface area contributed by atoms with Crippen LogP contribution in [0.2, 0.25) is 0 Å². The third kappa shape index (κ3) is 3.41. The SMILES string of the molecule is Cc1ccc(O)c(C(C)(C)c2ccc(O)cc2O)c1C(C)(C)c1ccc(O)cc1O. The fourth-order valence-electron chi connectivity index (χ4n) is 4.50. The molecule has 3 aromatic carbocycles. The van der Waals surface area contributed by atoms with Crippen molar-refractivity contribution >= 4 is 0 Å². The van der Waals surface area contributed by atoms with Crippen molar-refractivity contribution in [1.82, 2.24) is 0 Å². The molecular formula is C25H28O5. The number of aryl methyl sites for hydroxylation is 1. The summed E-state index contributed by atoms with van der Waals surface area (Å²) in [5.74, 6) is -0.125. The Bertz CT molecular complexity index is 1020. The standard InChI is InChI=1S/C25H28O5/c1-14-6-11-19(28)23(25(4,5)18-10-8-16(27)13-21(18)30)22(14)24(2,3)17-9-7-15(26)12-20(17)29/h6-13,26-30H,1-5H3. The first-order valence-electron chi connectivity index (χ1n) is 9.75. The molecule has 0 aliphatic heterocycles. The Balaban J connectivity index is 2.34. The van der Waals surface area contributed by atoms with Gasteiger partial charge in [0.25, 0.3) is 0 Å². The monoisotopic (exact) mass is 408 g/mol. The van der Waals surface area contributed by atoms with Crippen LogP contribution in [0.1, 0.15) is 55.5 Å². The van der Waals surface area contributed by atoms with Gasteiger partial charge in [0.05, 0.1) is 0 Å². The second kappa shape index (κ2) is 7.17. The minimum Gasteiger partial charge on any atom is -0.508 e. The summed E-state index contributed by atoms with van der Waals surface area (Å²) < 4.78 is 0. The van der Waals surface area contributed by atoms with E-state index in [-0.39, 0.29) is 28.7 Å². The van der Waals surface area contributed by atoms with Crippen LogP contribution in [0.25, 0.3) is 0 Å². The summed E-state index contributed by atoms with van der Waals surface area (Å²) in [6.07, 6.45) is 0. The first kappa shape index (κ1) is 21.4. The fraction of sp³-hybridized carbons (Fsp3) is 0.280. The first-order valence-corrected chi connectivity index (χ1v) is 9.75. The lowest BCUT2D eigenvalue weighted by molar-refractivity contribution is 0.417. The van der Waals surface area contributed by atoms with Crippen molar-refractivity contribution in [3.05, 3.63) is 76.3 Å². The van der Waals surface area contributed by atoms with Gasteiger partial charge in [-0.05, 0) is 36.2 Å². The van der Waals surface area contributed by atoms with Crippen LogP contribution in [0.5, 0.6) is 28.7 Å². The lowest BCUT2D eigenvalue weighted by Crippen LogP contribution is -2.29. The van der Waals surface area contributed by atoms with E-state index in [1.807, 2.05) is 40.7 Å². The third-order valence-corrected chi connectivity index (χ3v) is 5.95. The molecule has 0 spiro atoms. The van der Waals surface area contributed by atoms with Crippen LogP contribution in [0.15, 0.2) is 48.5 Å².